The predicted octanol–water partition coefficient (Wildman–Crippen LogP) is 3.72. The van der Waals surface area contributed by atoms with E-state index in [4.69, 9.17) is 29.3 Å². The van der Waals surface area contributed by atoms with Crippen LogP contribution in [0.1, 0.15) is 38.7 Å². The van der Waals surface area contributed by atoms with Crippen LogP contribution in [0.15, 0.2) is 30.9 Å². The number of hydrogen-bond donors (Lipinski definition) is 2. The van der Waals surface area contributed by atoms with E-state index in [9.17, 15) is 0 Å². The van der Waals surface area contributed by atoms with Crippen molar-refractivity contribution < 1.29 is 29.3 Å². The molecular weight excluding hydrogens is 386 g/mol. The molecule has 2 unspecified atom stereocenters. The van der Waals surface area contributed by atoms with E-state index in [1.807, 2.05) is 18.2 Å². The maximum absolute atomic E-state index is 9.10. The summed E-state index contributed by atoms with van der Waals surface area (Å²) in [5.41, 5.74) is 1.20. The summed E-state index contributed by atoms with van der Waals surface area (Å²) in [6.07, 6.45) is 6.40. The molecule has 1 aliphatic heterocycles. The zero-order chi connectivity index (χ0) is 22.5. The van der Waals surface area contributed by atoms with Crippen molar-refractivity contribution in [3.05, 3.63) is 36.4 Å². The van der Waals surface area contributed by atoms with E-state index < -0.39 is 11.9 Å². The molecule has 1 aromatic carbocycles. The maximum atomic E-state index is 9.10. The molecule has 7 heteroatoms. The molecule has 0 radical (unpaired) electrons. The summed E-state index contributed by atoms with van der Waals surface area (Å²) in [5, 5.41) is 14.8. The molecular formula is C23H35NO6. The minimum atomic E-state index is -1.82. The second-order valence-corrected chi connectivity index (χ2v) is 7.85. The zero-order valence-electron chi connectivity index (χ0n) is 18.3. The van der Waals surface area contributed by atoms with Crippen LogP contribution in [0.4, 0.5) is 0 Å². The largest absolute Gasteiger partial charge is 0.493 e. The lowest BCUT2D eigenvalue weighted by molar-refractivity contribution is -0.159. The highest BCUT2D eigenvalue weighted by molar-refractivity contribution is 6.27. The first-order valence-electron chi connectivity index (χ1n) is 10.4. The van der Waals surface area contributed by atoms with E-state index in [1.165, 1.54) is 38.0 Å². The van der Waals surface area contributed by atoms with Gasteiger partial charge in [0.1, 0.15) is 0 Å². The summed E-state index contributed by atoms with van der Waals surface area (Å²) < 4.78 is 11.4. The molecule has 7 nitrogen and oxygen atoms in total. The number of carboxylic acids is 2. The third-order valence-electron chi connectivity index (χ3n) is 4.86. The number of aliphatic carboxylic acids is 2. The van der Waals surface area contributed by atoms with Gasteiger partial charge >= 0.3 is 11.9 Å². The number of hydrogen-bond acceptors (Lipinski definition) is 5. The molecule has 0 aromatic heterocycles. The van der Waals surface area contributed by atoms with Gasteiger partial charge in [0.15, 0.2) is 11.5 Å². The number of piperidine rings is 1. The van der Waals surface area contributed by atoms with Gasteiger partial charge < -0.3 is 24.6 Å². The number of likely N-dealkylation sites (tertiary alicyclic amines) is 1. The van der Waals surface area contributed by atoms with Crippen LogP contribution in [-0.4, -0.2) is 60.4 Å². The predicted molar refractivity (Wildman–Crippen MR) is 116 cm³/mol. The molecule has 2 N–H and O–H groups in total. The van der Waals surface area contributed by atoms with Gasteiger partial charge in [0.05, 0.1) is 13.7 Å². The van der Waals surface area contributed by atoms with Gasteiger partial charge in [-0.2, -0.15) is 0 Å². The molecule has 1 aromatic rings. The first-order chi connectivity index (χ1) is 14.3. The molecule has 0 saturated carbocycles. The van der Waals surface area contributed by atoms with Crippen LogP contribution in [0.25, 0.3) is 0 Å². The van der Waals surface area contributed by atoms with Crippen LogP contribution in [0, 0.1) is 11.8 Å². The Morgan fingerprint density at radius 3 is 2.30 bits per heavy atom. The summed E-state index contributed by atoms with van der Waals surface area (Å²) in [6, 6.07) is 6.12. The van der Waals surface area contributed by atoms with Crippen molar-refractivity contribution in [3.8, 4) is 11.5 Å². The summed E-state index contributed by atoms with van der Waals surface area (Å²) in [5.74, 6) is -0.324. The molecule has 0 bridgehead atoms. The van der Waals surface area contributed by atoms with Crippen molar-refractivity contribution in [1.82, 2.24) is 4.90 Å². The third-order valence-corrected chi connectivity index (χ3v) is 4.86. The normalized spacial score (nSPS) is 18.6. The number of rotatable bonds is 9. The molecule has 1 fully saturated rings. The van der Waals surface area contributed by atoms with Gasteiger partial charge in [-0.3, -0.25) is 0 Å². The monoisotopic (exact) mass is 421 g/mol. The fourth-order valence-corrected chi connectivity index (χ4v) is 3.72. The van der Waals surface area contributed by atoms with E-state index in [0.717, 1.165) is 42.8 Å². The Labute approximate surface area is 179 Å². The fraction of sp³-hybridized carbons (Fsp3) is 0.565. The molecule has 168 valence electrons. The second-order valence-electron chi connectivity index (χ2n) is 7.85. The molecule has 0 amide bonds. The molecule has 0 aliphatic carbocycles. The smallest absolute Gasteiger partial charge is 0.414 e. The number of nitrogens with zero attached hydrogens (tertiary/aromatic N) is 1. The third kappa shape index (κ3) is 9.78. The lowest BCUT2D eigenvalue weighted by Crippen LogP contribution is -2.39. The first-order valence-corrected chi connectivity index (χ1v) is 10.4. The summed E-state index contributed by atoms with van der Waals surface area (Å²) >= 11 is 0. The Morgan fingerprint density at radius 2 is 1.77 bits per heavy atom. The van der Waals surface area contributed by atoms with E-state index in [-0.39, 0.29) is 0 Å². The van der Waals surface area contributed by atoms with Crippen molar-refractivity contribution in [3.63, 3.8) is 0 Å². The molecule has 1 aliphatic rings. The number of allylic oxidation sites excluding steroid dienone is 1. The Kier molecular flexibility index (Phi) is 11.6. The van der Waals surface area contributed by atoms with Crippen molar-refractivity contribution >= 4 is 11.9 Å². The number of unbranched alkanes of at least 4 members (excludes halogenated alkanes) is 1. The zero-order valence-corrected chi connectivity index (χ0v) is 18.3. The molecule has 30 heavy (non-hydrogen) atoms. The Morgan fingerprint density at radius 1 is 1.13 bits per heavy atom. The Balaban J connectivity index is 0.000000656. The SMILES string of the molecule is C=CCc1ccc(OCCCCN2CC(C)CC(C)C2)c(OC)c1.O=C(O)C(=O)O. The van der Waals surface area contributed by atoms with Crippen molar-refractivity contribution in [2.45, 2.75) is 39.5 Å². The number of benzene rings is 1. The topological polar surface area (TPSA) is 96.3 Å². The second kappa shape index (κ2) is 13.6. The van der Waals surface area contributed by atoms with Crippen LogP contribution in [0.3, 0.4) is 0 Å². The van der Waals surface area contributed by atoms with Gasteiger partial charge in [-0.1, -0.05) is 26.0 Å². The highest BCUT2D eigenvalue weighted by Crippen LogP contribution is 2.28. The van der Waals surface area contributed by atoms with Crippen molar-refractivity contribution in [1.29, 1.82) is 0 Å². The standard InChI is InChI=1S/C21H33NO2.C2H2O4/c1-5-8-19-9-10-20(21(14-19)23-4)24-12-7-6-11-22-15-17(2)13-18(3)16-22;3-1(4)2(5)6/h5,9-10,14,17-18H,1,6-8,11-13,15-16H2,2-4H3;(H,3,4)(H,5,6). The lowest BCUT2D eigenvalue weighted by Gasteiger charge is -2.34. The van der Waals surface area contributed by atoms with Crippen LogP contribution in [0.5, 0.6) is 11.5 Å². The van der Waals surface area contributed by atoms with E-state index in [2.05, 4.69) is 31.4 Å². The van der Waals surface area contributed by atoms with Crippen molar-refractivity contribution in [2.24, 2.45) is 11.8 Å². The van der Waals surface area contributed by atoms with Gasteiger partial charge in [-0.05, 0) is 61.8 Å². The van der Waals surface area contributed by atoms with Crippen LogP contribution in [0.2, 0.25) is 0 Å². The molecule has 2 atom stereocenters. The minimum Gasteiger partial charge on any atom is -0.493 e. The minimum absolute atomic E-state index is 0.746. The molecule has 1 heterocycles. The number of ether oxygens (including phenoxy) is 2. The van der Waals surface area contributed by atoms with Gasteiger partial charge in [-0.25, -0.2) is 9.59 Å². The Bertz CT molecular complexity index is 668. The van der Waals surface area contributed by atoms with Gasteiger partial charge in [0.2, 0.25) is 0 Å². The molecule has 1 saturated heterocycles. The average Bonchev–Trinajstić information content (AvgIpc) is 2.68. The molecule has 2 rings (SSSR count). The summed E-state index contributed by atoms with van der Waals surface area (Å²) in [4.78, 5) is 20.8. The first kappa shape index (κ1) is 25.5. The van der Waals surface area contributed by atoms with E-state index in [0.29, 0.717) is 0 Å². The van der Waals surface area contributed by atoms with Crippen LogP contribution >= 0.6 is 0 Å². The average molecular weight is 422 g/mol. The highest BCUT2D eigenvalue weighted by atomic mass is 16.5. The fourth-order valence-electron chi connectivity index (χ4n) is 3.72. The quantitative estimate of drug-likeness (QED) is 0.356. The molecule has 0 spiro atoms. The van der Waals surface area contributed by atoms with Gasteiger partial charge in [0.25, 0.3) is 0 Å². The lowest BCUT2D eigenvalue weighted by atomic mass is 9.92. The number of carbonyl (C=O) groups is 2. The number of carboxylic acid groups (broad SMARTS) is 2. The Hall–Kier alpha value is -2.54. The maximum Gasteiger partial charge on any atom is 0.414 e. The van der Waals surface area contributed by atoms with Crippen LogP contribution in [-0.2, 0) is 16.0 Å². The van der Waals surface area contributed by atoms with Gasteiger partial charge in [-0.15, -0.1) is 6.58 Å². The summed E-state index contributed by atoms with van der Waals surface area (Å²) in [6.45, 7) is 13.0. The highest BCUT2D eigenvalue weighted by Gasteiger charge is 2.20. The van der Waals surface area contributed by atoms with Crippen molar-refractivity contribution in [2.75, 3.05) is 33.4 Å². The van der Waals surface area contributed by atoms with Crippen LogP contribution < -0.4 is 9.47 Å². The summed E-state index contributed by atoms with van der Waals surface area (Å²) in [7, 11) is 1.69. The number of methoxy groups -OCH3 is 1. The van der Waals surface area contributed by atoms with Gasteiger partial charge in [0, 0.05) is 13.1 Å². The van der Waals surface area contributed by atoms with E-state index >= 15 is 0 Å². The van der Waals surface area contributed by atoms with E-state index in [1.54, 1.807) is 7.11 Å².